The van der Waals surface area contributed by atoms with Crippen LogP contribution < -0.4 is 15.9 Å². The van der Waals surface area contributed by atoms with Crippen molar-refractivity contribution in [2.24, 2.45) is 0 Å². The largest absolute Gasteiger partial charge is 0.342 e. The van der Waals surface area contributed by atoms with Gasteiger partial charge in [-0.3, -0.25) is 4.79 Å². The Hall–Kier alpha value is -2.70. The molecular weight excluding hydrogens is 349 g/mol. The molecule has 1 aliphatic heterocycles. The summed E-state index contributed by atoms with van der Waals surface area (Å²) < 4.78 is 0. The Bertz CT molecular complexity index is 855. The van der Waals surface area contributed by atoms with E-state index in [-0.39, 0.29) is 5.91 Å². The van der Waals surface area contributed by atoms with Gasteiger partial charge in [-0.15, -0.1) is 0 Å². The third-order valence-corrected chi connectivity index (χ3v) is 9.21. The predicted molar refractivity (Wildman–Crippen MR) is 115 cm³/mol. The fourth-order valence-electron chi connectivity index (χ4n) is 3.76. The van der Waals surface area contributed by atoms with Crippen LogP contribution in [0.5, 0.6) is 0 Å². The number of amides is 1. The van der Waals surface area contributed by atoms with E-state index in [1.807, 2.05) is 11.9 Å². The topological polar surface area (TPSA) is 20.3 Å². The molecule has 3 aromatic rings. The molecule has 0 spiro atoms. The maximum Gasteiger partial charge on any atom is 0.252 e. The summed E-state index contributed by atoms with van der Waals surface area (Å²) >= 11 is 0. The summed E-state index contributed by atoms with van der Waals surface area (Å²) in [6, 6.07) is 31.9. The first-order valence-electron chi connectivity index (χ1n) is 9.24. The van der Waals surface area contributed by atoms with Gasteiger partial charge in [0, 0.05) is 13.6 Å². The molecule has 0 bridgehead atoms. The molecule has 1 heterocycles. The second-order valence-corrected chi connectivity index (χ2v) is 10.1. The zero-order valence-corrected chi connectivity index (χ0v) is 16.3. The lowest BCUT2D eigenvalue weighted by molar-refractivity contribution is -0.123. The van der Waals surface area contributed by atoms with Gasteiger partial charge in [0.1, 0.15) is 23.2 Å². The fourth-order valence-corrected chi connectivity index (χ4v) is 7.73. The second-order valence-electron chi connectivity index (χ2n) is 6.86. The van der Waals surface area contributed by atoms with E-state index >= 15 is 0 Å². The van der Waals surface area contributed by atoms with Crippen LogP contribution in [-0.2, 0) is 4.79 Å². The number of benzene rings is 3. The van der Waals surface area contributed by atoms with Gasteiger partial charge in [0.15, 0.2) is 0 Å². The summed E-state index contributed by atoms with van der Waals surface area (Å²) in [5.41, 5.74) is 0.933. The molecule has 134 valence electrons. The third kappa shape index (κ3) is 3.22. The molecule has 2 nitrogen and oxygen atoms in total. The average molecular weight is 372 g/mol. The Morgan fingerprint density at radius 2 is 1.15 bits per heavy atom. The summed E-state index contributed by atoms with van der Waals surface area (Å²) in [5.74, 6) is 2.46. The number of likely N-dealkylation sites (N-methyl/N-ethyl adjacent to an activating group) is 1. The van der Waals surface area contributed by atoms with Crippen LogP contribution in [-0.4, -0.2) is 24.4 Å². The molecule has 1 saturated heterocycles. The molecule has 1 fully saturated rings. The van der Waals surface area contributed by atoms with Crippen molar-refractivity contribution in [3.8, 4) is 0 Å². The van der Waals surface area contributed by atoms with Crippen LogP contribution in [0.3, 0.4) is 0 Å². The highest BCUT2D eigenvalue weighted by molar-refractivity contribution is 7.98. The summed E-state index contributed by atoms with van der Waals surface area (Å²) in [4.78, 5) is 14.6. The van der Waals surface area contributed by atoms with E-state index in [4.69, 9.17) is 0 Å². The minimum absolute atomic E-state index is 0.155. The van der Waals surface area contributed by atoms with Gasteiger partial charge in [-0.05, 0) is 42.8 Å². The van der Waals surface area contributed by atoms with E-state index in [1.165, 1.54) is 15.9 Å². The Morgan fingerprint density at radius 3 is 1.48 bits per heavy atom. The van der Waals surface area contributed by atoms with Crippen molar-refractivity contribution >= 4 is 29.1 Å². The first kappa shape index (κ1) is 17.7. The maximum atomic E-state index is 12.8. The smallest absolute Gasteiger partial charge is 0.252 e. The Balaban J connectivity index is 2.04. The van der Waals surface area contributed by atoms with Gasteiger partial charge in [-0.2, -0.15) is 0 Å². The van der Waals surface area contributed by atoms with Crippen LogP contribution in [0.2, 0.25) is 0 Å². The third-order valence-electron chi connectivity index (χ3n) is 5.18. The summed E-state index contributed by atoms with van der Waals surface area (Å²) in [5, 5.41) is 3.83. The van der Waals surface area contributed by atoms with Crippen molar-refractivity contribution in [1.29, 1.82) is 0 Å². The number of likely N-dealkylation sites (tertiary alicyclic amines) is 1. The molecule has 0 aromatic heterocycles. The van der Waals surface area contributed by atoms with Crippen LogP contribution in [0.1, 0.15) is 6.42 Å². The van der Waals surface area contributed by atoms with Gasteiger partial charge in [0.25, 0.3) is 5.91 Å². The maximum absolute atomic E-state index is 12.8. The molecule has 3 aromatic carbocycles. The SMILES string of the molecule is CN1CCC(=C[P+](c2ccccc2)(c2ccccc2)c2ccccc2)C1=O. The number of rotatable bonds is 4. The predicted octanol–water partition coefficient (Wildman–Crippen LogP) is 3.73. The zero-order chi connectivity index (χ0) is 18.7. The lowest BCUT2D eigenvalue weighted by Crippen LogP contribution is -2.30. The normalized spacial score (nSPS) is 16.1. The van der Waals surface area contributed by atoms with Crippen LogP contribution in [0.15, 0.2) is 102 Å². The highest BCUT2D eigenvalue weighted by atomic mass is 31.2. The molecule has 0 atom stereocenters. The molecule has 27 heavy (non-hydrogen) atoms. The van der Waals surface area contributed by atoms with E-state index in [9.17, 15) is 4.79 Å². The molecule has 0 saturated carbocycles. The quantitative estimate of drug-likeness (QED) is 0.505. The molecule has 0 N–H and O–H groups in total. The highest BCUT2D eigenvalue weighted by Gasteiger charge is 2.45. The first-order chi connectivity index (χ1) is 13.2. The molecule has 0 unspecified atom stereocenters. The van der Waals surface area contributed by atoms with E-state index in [0.29, 0.717) is 0 Å². The molecule has 1 amide bonds. The number of hydrogen-bond acceptors (Lipinski definition) is 1. The van der Waals surface area contributed by atoms with Crippen LogP contribution in [0.4, 0.5) is 0 Å². The van der Waals surface area contributed by atoms with Gasteiger partial charge in [0.05, 0.1) is 11.4 Å². The van der Waals surface area contributed by atoms with Crippen molar-refractivity contribution in [2.45, 2.75) is 6.42 Å². The van der Waals surface area contributed by atoms with Crippen molar-refractivity contribution in [2.75, 3.05) is 13.6 Å². The monoisotopic (exact) mass is 372 g/mol. The highest BCUT2D eigenvalue weighted by Crippen LogP contribution is 2.58. The van der Waals surface area contributed by atoms with E-state index in [2.05, 4.69) is 96.8 Å². The minimum Gasteiger partial charge on any atom is -0.342 e. The molecule has 0 radical (unpaired) electrons. The van der Waals surface area contributed by atoms with Gasteiger partial charge < -0.3 is 4.90 Å². The Labute approximate surface area is 161 Å². The van der Waals surface area contributed by atoms with Gasteiger partial charge in [0.2, 0.25) is 0 Å². The number of carbonyl (C=O) groups excluding carboxylic acids is 1. The van der Waals surface area contributed by atoms with Gasteiger partial charge in [-0.25, -0.2) is 0 Å². The van der Waals surface area contributed by atoms with E-state index in [1.54, 1.807) is 0 Å². The summed E-state index contributed by atoms with van der Waals surface area (Å²) in [6.07, 6.45) is 0.809. The molecular formula is C24H23NOP+. The number of hydrogen-bond donors (Lipinski definition) is 0. The number of carbonyl (C=O) groups is 1. The van der Waals surface area contributed by atoms with E-state index < -0.39 is 7.26 Å². The van der Waals surface area contributed by atoms with Crippen molar-refractivity contribution < 1.29 is 4.79 Å². The second kappa shape index (κ2) is 7.50. The first-order valence-corrected chi connectivity index (χ1v) is 11.1. The van der Waals surface area contributed by atoms with Gasteiger partial charge >= 0.3 is 0 Å². The minimum atomic E-state index is -2.08. The fraction of sp³-hybridized carbons (Fsp3) is 0.125. The molecule has 1 aliphatic rings. The lowest BCUT2D eigenvalue weighted by Gasteiger charge is -2.24. The molecule has 0 aliphatic carbocycles. The van der Waals surface area contributed by atoms with Crippen LogP contribution in [0, 0.1) is 0 Å². The Morgan fingerprint density at radius 1 is 0.741 bits per heavy atom. The van der Waals surface area contributed by atoms with Crippen LogP contribution >= 0.6 is 7.26 Å². The average Bonchev–Trinajstić information content (AvgIpc) is 3.06. The van der Waals surface area contributed by atoms with Crippen molar-refractivity contribution in [3.63, 3.8) is 0 Å². The molecule has 4 rings (SSSR count). The molecule has 3 heteroatoms. The van der Waals surface area contributed by atoms with Crippen LogP contribution in [0.25, 0.3) is 0 Å². The summed E-state index contributed by atoms with van der Waals surface area (Å²) in [6.45, 7) is 0.795. The Kier molecular flexibility index (Phi) is 4.92. The van der Waals surface area contributed by atoms with Crippen molar-refractivity contribution in [3.05, 3.63) is 102 Å². The number of nitrogens with zero attached hydrogens (tertiary/aromatic N) is 1. The van der Waals surface area contributed by atoms with E-state index in [0.717, 1.165) is 18.5 Å². The summed E-state index contributed by atoms with van der Waals surface area (Å²) in [7, 11) is -0.190. The lowest BCUT2D eigenvalue weighted by atomic mass is 10.3. The van der Waals surface area contributed by atoms with Crippen molar-refractivity contribution in [1.82, 2.24) is 4.90 Å². The van der Waals surface area contributed by atoms with Gasteiger partial charge in [-0.1, -0.05) is 54.6 Å². The standard InChI is InChI=1S/C24H23NOP/c1-25-18-17-20(24(25)26)19-27(21-11-5-2-6-12-21,22-13-7-3-8-14-22)23-15-9-4-10-16-23/h2-16,19H,17-18H2,1H3/q+1. The zero-order valence-electron chi connectivity index (χ0n) is 15.5.